The van der Waals surface area contributed by atoms with E-state index >= 15 is 0 Å². The minimum Gasteiger partial charge on any atom is -0.491 e. The largest absolute Gasteiger partial charge is 0.491 e. The first-order valence-corrected chi connectivity index (χ1v) is 14.8. The Hall–Kier alpha value is -3.37. The molecule has 2 saturated heterocycles. The highest BCUT2D eigenvalue weighted by molar-refractivity contribution is 6.33. The molecule has 2 aliphatic rings. The van der Waals surface area contributed by atoms with Gasteiger partial charge in [-0.25, -0.2) is 14.8 Å². The number of carbonyl (C=O) groups is 1. The number of benzene rings is 1. The summed E-state index contributed by atoms with van der Waals surface area (Å²) in [6.45, 7) is 15.1. The smallest absolute Gasteiger partial charge is 0.409 e. The van der Waals surface area contributed by atoms with E-state index in [4.69, 9.17) is 35.6 Å². The monoisotopic (exact) mass is 597 g/mol. The molecule has 11 heteroatoms. The molecule has 2 fully saturated rings. The fourth-order valence-corrected chi connectivity index (χ4v) is 6.64. The summed E-state index contributed by atoms with van der Waals surface area (Å²) in [5, 5.41) is 14.9. The van der Waals surface area contributed by atoms with Crippen molar-refractivity contribution in [3.05, 3.63) is 40.2 Å². The van der Waals surface area contributed by atoms with Crippen LogP contribution in [0.25, 0.3) is 22.6 Å². The summed E-state index contributed by atoms with van der Waals surface area (Å²) in [6, 6.07) is 5.37. The molecule has 1 amide bonds. The number of halogens is 1. The lowest BCUT2D eigenvalue weighted by Gasteiger charge is -2.29. The number of hydrogen-bond acceptors (Lipinski definition) is 9. The average Bonchev–Trinajstić information content (AvgIpc) is 3.51. The molecule has 5 rings (SSSR count). The van der Waals surface area contributed by atoms with E-state index in [9.17, 15) is 9.90 Å². The van der Waals surface area contributed by atoms with Gasteiger partial charge in [-0.15, -0.1) is 0 Å². The Morgan fingerprint density at radius 1 is 1.14 bits per heavy atom. The number of likely N-dealkylation sites (tertiary alicyclic amines) is 1. The van der Waals surface area contributed by atoms with E-state index < -0.39 is 6.10 Å². The minimum absolute atomic E-state index is 0.160. The van der Waals surface area contributed by atoms with Gasteiger partial charge in [0.25, 0.3) is 0 Å². The summed E-state index contributed by atoms with van der Waals surface area (Å²) >= 11 is 6.74. The van der Waals surface area contributed by atoms with Crippen molar-refractivity contribution in [3.8, 4) is 28.4 Å². The Labute approximate surface area is 252 Å². The zero-order chi connectivity index (χ0) is 30.4. The van der Waals surface area contributed by atoms with Crippen molar-refractivity contribution < 1.29 is 23.9 Å². The molecule has 3 atom stereocenters. The van der Waals surface area contributed by atoms with Crippen LogP contribution in [0.1, 0.15) is 50.6 Å². The molecular weight excluding hydrogens is 558 g/mol. The zero-order valence-electron chi connectivity index (χ0n) is 25.5. The molecule has 0 aliphatic carbocycles. The van der Waals surface area contributed by atoms with E-state index in [-0.39, 0.29) is 23.5 Å². The van der Waals surface area contributed by atoms with Crippen molar-refractivity contribution in [1.82, 2.24) is 20.0 Å². The molecule has 0 bridgehead atoms. The summed E-state index contributed by atoms with van der Waals surface area (Å²) in [4.78, 5) is 26.6. The number of methoxy groups -OCH3 is 1. The molecule has 2 aromatic heterocycles. The van der Waals surface area contributed by atoms with Gasteiger partial charge >= 0.3 is 6.09 Å². The number of carbonyl (C=O) groups excluding carboxylic acids is 1. The first-order chi connectivity index (χ1) is 19.9. The highest BCUT2D eigenvalue weighted by Gasteiger charge is 2.59. The predicted molar refractivity (Wildman–Crippen MR) is 161 cm³/mol. The lowest BCUT2D eigenvalue weighted by molar-refractivity contribution is 0.0994. The highest BCUT2D eigenvalue weighted by atomic mass is 35.5. The zero-order valence-corrected chi connectivity index (χ0v) is 26.2. The fraction of sp³-hybridized carbons (Fsp3) is 0.548. The van der Waals surface area contributed by atoms with E-state index in [1.54, 1.807) is 17.0 Å². The van der Waals surface area contributed by atoms with Gasteiger partial charge in [-0.1, -0.05) is 43.9 Å². The van der Waals surface area contributed by atoms with Gasteiger partial charge in [0.15, 0.2) is 5.82 Å². The van der Waals surface area contributed by atoms with Gasteiger partial charge in [0.1, 0.15) is 23.9 Å². The lowest BCUT2D eigenvalue weighted by atomic mass is 9.71. The van der Waals surface area contributed by atoms with Crippen molar-refractivity contribution in [1.29, 1.82) is 0 Å². The number of rotatable bonds is 8. The van der Waals surface area contributed by atoms with Crippen LogP contribution in [-0.2, 0) is 4.74 Å². The van der Waals surface area contributed by atoms with Crippen molar-refractivity contribution in [2.75, 3.05) is 44.8 Å². The second kappa shape index (κ2) is 11.4. The van der Waals surface area contributed by atoms with Gasteiger partial charge in [0, 0.05) is 48.1 Å². The quantitative estimate of drug-likeness (QED) is 0.342. The second-order valence-corrected chi connectivity index (χ2v) is 12.6. The molecule has 0 saturated carbocycles. The number of aliphatic hydroxyl groups is 1. The van der Waals surface area contributed by atoms with E-state index in [0.29, 0.717) is 60.5 Å². The van der Waals surface area contributed by atoms with Crippen LogP contribution in [0.4, 0.5) is 10.6 Å². The molecule has 1 N–H and O–H groups in total. The molecule has 42 heavy (non-hydrogen) atoms. The summed E-state index contributed by atoms with van der Waals surface area (Å²) in [6.07, 6.45) is 0.695. The van der Waals surface area contributed by atoms with Crippen molar-refractivity contribution >= 4 is 23.5 Å². The van der Waals surface area contributed by atoms with Crippen LogP contribution in [0.5, 0.6) is 5.75 Å². The Morgan fingerprint density at radius 3 is 2.43 bits per heavy atom. The first kappa shape index (κ1) is 30.1. The van der Waals surface area contributed by atoms with E-state index in [0.717, 1.165) is 34.8 Å². The van der Waals surface area contributed by atoms with Crippen molar-refractivity contribution in [3.63, 3.8) is 0 Å². The fourth-order valence-electron chi connectivity index (χ4n) is 6.44. The maximum Gasteiger partial charge on any atom is 0.409 e. The number of fused-ring (bicyclic) bond motifs is 1. The maximum absolute atomic E-state index is 12.4. The third kappa shape index (κ3) is 5.30. The Balaban J connectivity index is 1.57. The Bertz CT molecular complexity index is 1460. The molecule has 1 aromatic carbocycles. The summed E-state index contributed by atoms with van der Waals surface area (Å²) in [5.74, 6) is 2.51. The third-order valence-corrected chi connectivity index (χ3v) is 9.31. The number of aliphatic hydroxyl groups excluding tert-OH is 1. The second-order valence-electron chi connectivity index (χ2n) is 12.2. The minimum atomic E-state index is -0.546. The van der Waals surface area contributed by atoms with Crippen molar-refractivity contribution in [2.45, 2.75) is 60.5 Å². The van der Waals surface area contributed by atoms with Crippen LogP contribution >= 0.6 is 11.6 Å². The highest BCUT2D eigenvalue weighted by Crippen LogP contribution is 2.53. The number of nitrogens with zero attached hydrogens (tertiary/aromatic N) is 5. The van der Waals surface area contributed by atoms with Gasteiger partial charge in [-0.05, 0) is 45.4 Å². The van der Waals surface area contributed by atoms with Gasteiger partial charge < -0.3 is 28.9 Å². The van der Waals surface area contributed by atoms with Crippen LogP contribution < -0.4 is 9.64 Å². The van der Waals surface area contributed by atoms with E-state index in [2.05, 4.69) is 23.9 Å². The number of amides is 1. The van der Waals surface area contributed by atoms with Crippen LogP contribution in [-0.4, -0.2) is 77.2 Å². The summed E-state index contributed by atoms with van der Waals surface area (Å²) in [5.41, 5.74) is 3.52. The Morgan fingerprint density at radius 2 is 1.83 bits per heavy atom. The normalized spacial score (nSPS) is 22.4. The number of ether oxygens (including phenoxy) is 2. The number of aryl methyl sites for hydroxylation is 2. The number of anilines is 1. The van der Waals surface area contributed by atoms with Gasteiger partial charge in [-0.3, -0.25) is 0 Å². The van der Waals surface area contributed by atoms with Gasteiger partial charge in [0.2, 0.25) is 0 Å². The summed E-state index contributed by atoms with van der Waals surface area (Å²) in [7, 11) is 1.42. The van der Waals surface area contributed by atoms with Crippen molar-refractivity contribution in [2.24, 2.45) is 10.8 Å². The number of aromatic nitrogens is 3. The summed E-state index contributed by atoms with van der Waals surface area (Å²) < 4.78 is 16.5. The predicted octanol–water partition coefficient (Wildman–Crippen LogP) is 5.83. The molecule has 226 valence electrons. The standard InChI is InChI=1S/C31H40ClN5O5/c1-8-9-21(38)13-41-22-10-11-24(32)23(12-22)27-33-26(25-19(3)35-42-20(25)4)18(2)28(34-27)36-14-30(5)16-37(29(39)40-7)17-31(30,6)15-36/h10-12,21,38H,8-9,13-17H2,1-7H3/t21-,30-,31+/m1/s1. The molecule has 0 unspecified atom stereocenters. The SMILES string of the molecule is CCC[C@@H](O)COc1ccc(Cl)c(-c2nc(-c3c(C)noc3C)c(C)c(N3C[C@]4(C)CN(C(=O)OC)C[C@]4(C)C3)n2)c1. The molecule has 3 aromatic rings. The first-order valence-electron chi connectivity index (χ1n) is 14.4. The molecule has 0 spiro atoms. The van der Waals surface area contributed by atoms with Crippen LogP contribution in [0.15, 0.2) is 22.7 Å². The lowest BCUT2D eigenvalue weighted by Crippen LogP contribution is -2.36. The Kier molecular flexibility index (Phi) is 8.15. The molecular formula is C31H40ClN5O5. The van der Waals surface area contributed by atoms with Crippen LogP contribution in [0.3, 0.4) is 0 Å². The average molecular weight is 598 g/mol. The molecule has 10 nitrogen and oxygen atoms in total. The van der Waals surface area contributed by atoms with E-state index in [1.165, 1.54) is 7.11 Å². The molecule has 0 radical (unpaired) electrons. The maximum atomic E-state index is 12.4. The van der Waals surface area contributed by atoms with Crippen LogP contribution in [0.2, 0.25) is 5.02 Å². The van der Waals surface area contributed by atoms with Crippen LogP contribution in [0, 0.1) is 31.6 Å². The molecule has 2 aliphatic heterocycles. The van der Waals surface area contributed by atoms with Gasteiger partial charge in [0.05, 0.1) is 35.2 Å². The third-order valence-electron chi connectivity index (χ3n) is 8.98. The topological polar surface area (TPSA) is 114 Å². The van der Waals surface area contributed by atoms with Gasteiger partial charge in [-0.2, -0.15) is 0 Å². The number of hydrogen-bond donors (Lipinski definition) is 1. The molecule has 4 heterocycles. The van der Waals surface area contributed by atoms with E-state index in [1.807, 2.05) is 33.8 Å².